The molecule has 0 aliphatic rings. The van der Waals surface area contributed by atoms with Crippen LogP contribution in [0.5, 0.6) is 17.2 Å². The summed E-state index contributed by atoms with van der Waals surface area (Å²) in [6, 6.07) is 10.8. The predicted octanol–water partition coefficient (Wildman–Crippen LogP) is 6.91. The second-order valence-electron chi connectivity index (χ2n) is 5.80. The quantitative estimate of drug-likeness (QED) is 0.183. The lowest BCUT2D eigenvalue weighted by Gasteiger charge is -2.12. The van der Waals surface area contributed by atoms with E-state index in [-0.39, 0.29) is 11.1 Å². The minimum Gasteiger partial charge on any atom is -0.493 e. The van der Waals surface area contributed by atoms with E-state index in [0.717, 1.165) is 11.3 Å². The second-order valence-corrected chi connectivity index (χ2v) is 7.62. The molecule has 0 spiro atoms. The highest BCUT2D eigenvalue weighted by Crippen LogP contribution is 2.37. The fourth-order valence-electron chi connectivity index (χ4n) is 2.24. The van der Waals surface area contributed by atoms with Crippen LogP contribution in [0.1, 0.15) is 18.9 Å². The fraction of sp³-hybridized carbons (Fsp3) is 0.286. The number of oxime groups is 1. The van der Waals surface area contributed by atoms with Crippen LogP contribution in [0.15, 0.2) is 52.1 Å². The normalized spacial score (nSPS) is 10.7. The predicted molar refractivity (Wildman–Crippen MR) is 123 cm³/mol. The molecule has 2 rings (SSSR count). The molecule has 9 heteroatoms. The first-order valence-electron chi connectivity index (χ1n) is 9.13. The van der Waals surface area contributed by atoms with Gasteiger partial charge < -0.3 is 19.0 Å². The topological polar surface area (TPSA) is 49.3 Å². The summed E-state index contributed by atoms with van der Waals surface area (Å²) >= 11 is 23.6. The van der Waals surface area contributed by atoms with E-state index < -0.39 is 0 Å². The van der Waals surface area contributed by atoms with Crippen LogP contribution in [-0.4, -0.2) is 32.6 Å². The van der Waals surface area contributed by atoms with Crippen LogP contribution in [0.2, 0.25) is 10.0 Å². The van der Waals surface area contributed by atoms with Crippen LogP contribution in [0.4, 0.5) is 0 Å². The molecule has 0 aliphatic carbocycles. The van der Waals surface area contributed by atoms with Crippen molar-refractivity contribution in [3.05, 3.63) is 62.6 Å². The molecule has 0 aliphatic heterocycles. The van der Waals surface area contributed by atoms with Crippen molar-refractivity contribution in [2.24, 2.45) is 5.16 Å². The number of nitrogens with zero attached hydrogens (tertiary/aromatic N) is 1. The molecule has 0 N–H and O–H groups in total. The number of halogens is 4. The smallest absolute Gasteiger partial charge is 0.156 e. The fourth-order valence-corrected chi connectivity index (χ4v) is 2.94. The van der Waals surface area contributed by atoms with Gasteiger partial charge in [0.2, 0.25) is 0 Å². The van der Waals surface area contributed by atoms with Crippen molar-refractivity contribution in [2.75, 3.05) is 26.4 Å². The molecule has 0 atom stereocenters. The third-order valence-corrected chi connectivity index (χ3v) is 4.40. The number of hydrogen-bond donors (Lipinski definition) is 0. The maximum atomic E-state index is 6.24. The van der Waals surface area contributed by atoms with Crippen molar-refractivity contribution >= 4 is 52.6 Å². The Bertz CT molecular complexity index is 847. The molecule has 2 aromatic rings. The van der Waals surface area contributed by atoms with Gasteiger partial charge >= 0.3 is 0 Å². The molecule has 0 aromatic heterocycles. The molecule has 0 unspecified atom stereocenters. The van der Waals surface area contributed by atoms with Crippen molar-refractivity contribution in [1.29, 1.82) is 0 Å². The van der Waals surface area contributed by atoms with Gasteiger partial charge in [-0.1, -0.05) is 63.7 Å². The van der Waals surface area contributed by atoms with E-state index in [1.807, 2.05) is 31.2 Å². The summed E-state index contributed by atoms with van der Waals surface area (Å²) in [6.45, 7) is 3.45. The summed E-state index contributed by atoms with van der Waals surface area (Å²) in [4.78, 5) is 4.96. The van der Waals surface area contributed by atoms with Crippen LogP contribution in [0, 0.1) is 0 Å². The van der Waals surface area contributed by atoms with E-state index >= 15 is 0 Å². The maximum absolute atomic E-state index is 6.24. The Kier molecular flexibility index (Phi) is 11.0. The monoisotopic (exact) mass is 491 g/mol. The van der Waals surface area contributed by atoms with Crippen molar-refractivity contribution in [3.8, 4) is 17.2 Å². The van der Waals surface area contributed by atoms with Gasteiger partial charge in [-0.2, -0.15) is 0 Å². The highest BCUT2D eigenvalue weighted by molar-refractivity contribution is 6.55. The number of hydrogen-bond acceptors (Lipinski definition) is 5. The Morgan fingerprint density at radius 1 is 0.967 bits per heavy atom. The summed E-state index contributed by atoms with van der Waals surface area (Å²) < 4.78 is 17.0. The Labute approximate surface area is 196 Å². The summed E-state index contributed by atoms with van der Waals surface area (Å²) in [5, 5.41) is 4.54. The zero-order valence-corrected chi connectivity index (χ0v) is 19.3. The summed E-state index contributed by atoms with van der Waals surface area (Å²) in [5.74, 6) is 1.61. The molecule has 162 valence electrons. The van der Waals surface area contributed by atoms with Gasteiger partial charge in [-0.3, -0.25) is 0 Å². The van der Waals surface area contributed by atoms with Gasteiger partial charge in [-0.25, -0.2) is 0 Å². The van der Waals surface area contributed by atoms with Gasteiger partial charge in [0.1, 0.15) is 29.2 Å². The minimum absolute atomic E-state index is 0.125. The van der Waals surface area contributed by atoms with Crippen molar-refractivity contribution < 1.29 is 19.0 Å². The molecule has 0 bridgehead atoms. The standard InChI is InChI=1S/C21H21Cl4NO4/c1-2-30-26-14-15-5-3-6-16(11-15)27-8-4-9-29-21-18(22)12-17(13-19(21)23)28-10-7-20(24)25/h3,5-7,11-14H,2,4,8-10H2,1H3. The maximum Gasteiger partial charge on any atom is 0.156 e. The zero-order chi connectivity index (χ0) is 21.8. The molecule has 30 heavy (non-hydrogen) atoms. The molecule has 0 saturated carbocycles. The van der Waals surface area contributed by atoms with Crippen molar-refractivity contribution in [3.63, 3.8) is 0 Å². The molecule has 2 aromatic carbocycles. The molecule has 0 saturated heterocycles. The van der Waals surface area contributed by atoms with Gasteiger partial charge in [-0.15, -0.1) is 0 Å². The SMILES string of the molecule is CCON=Cc1cccc(OCCCOc2c(Cl)cc(OCC=C(Cl)Cl)cc2Cl)c1. The summed E-state index contributed by atoms with van der Waals surface area (Å²) in [6.07, 6.45) is 3.79. The molecular formula is C21H21Cl4NO4. The van der Waals surface area contributed by atoms with Gasteiger partial charge in [0.15, 0.2) is 5.75 Å². The largest absolute Gasteiger partial charge is 0.493 e. The molecule has 5 nitrogen and oxygen atoms in total. The summed E-state index contributed by atoms with van der Waals surface area (Å²) in [7, 11) is 0. The van der Waals surface area contributed by atoms with Crippen LogP contribution >= 0.6 is 46.4 Å². The second kappa shape index (κ2) is 13.5. The molecule has 0 amide bonds. The van der Waals surface area contributed by atoms with Gasteiger partial charge in [0.05, 0.1) is 29.5 Å². The molecule has 0 heterocycles. The number of rotatable bonds is 12. The van der Waals surface area contributed by atoms with Crippen LogP contribution in [0.3, 0.4) is 0 Å². The van der Waals surface area contributed by atoms with E-state index in [1.54, 1.807) is 18.3 Å². The molecule has 0 radical (unpaired) electrons. The van der Waals surface area contributed by atoms with Crippen LogP contribution in [0.25, 0.3) is 0 Å². The average Bonchev–Trinajstić information content (AvgIpc) is 2.70. The highest BCUT2D eigenvalue weighted by Gasteiger charge is 2.10. The minimum atomic E-state index is 0.125. The third kappa shape index (κ3) is 8.92. The lowest BCUT2D eigenvalue weighted by atomic mass is 10.2. The van der Waals surface area contributed by atoms with Crippen molar-refractivity contribution in [1.82, 2.24) is 0 Å². The lowest BCUT2D eigenvalue weighted by Crippen LogP contribution is -2.06. The number of ether oxygens (including phenoxy) is 3. The Morgan fingerprint density at radius 3 is 2.40 bits per heavy atom. The molecular weight excluding hydrogens is 472 g/mol. The van der Waals surface area contributed by atoms with Gasteiger partial charge in [0, 0.05) is 18.6 Å². The Balaban J connectivity index is 1.79. The average molecular weight is 493 g/mol. The summed E-state index contributed by atoms with van der Waals surface area (Å²) in [5.41, 5.74) is 0.891. The van der Waals surface area contributed by atoms with E-state index in [0.29, 0.717) is 47.8 Å². The zero-order valence-electron chi connectivity index (χ0n) is 16.2. The van der Waals surface area contributed by atoms with E-state index in [9.17, 15) is 0 Å². The first kappa shape index (κ1) is 24.5. The highest BCUT2D eigenvalue weighted by atomic mass is 35.5. The van der Waals surface area contributed by atoms with Gasteiger partial charge in [-0.05, 0) is 30.7 Å². The first-order chi connectivity index (χ1) is 14.5. The Hall–Kier alpha value is -1.79. The first-order valence-corrected chi connectivity index (χ1v) is 10.6. The number of benzene rings is 2. The molecule has 0 fully saturated rings. The lowest BCUT2D eigenvalue weighted by molar-refractivity contribution is 0.160. The van der Waals surface area contributed by atoms with E-state index in [2.05, 4.69) is 5.16 Å². The van der Waals surface area contributed by atoms with E-state index in [4.69, 9.17) is 65.5 Å². The van der Waals surface area contributed by atoms with E-state index in [1.165, 1.54) is 6.08 Å². The third-order valence-electron chi connectivity index (χ3n) is 3.53. The van der Waals surface area contributed by atoms with Gasteiger partial charge in [0.25, 0.3) is 0 Å². The van der Waals surface area contributed by atoms with Crippen molar-refractivity contribution in [2.45, 2.75) is 13.3 Å². The van der Waals surface area contributed by atoms with Crippen LogP contribution < -0.4 is 14.2 Å². The van der Waals surface area contributed by atoms with Crippen LogP contribution in [-0.2, 0) is 4.84 Å². The Morgan fingerprint density at radius 2 is 1.70 bits per heavy atom.